The van der Waals surface area contributed by atoms with Crippen LogP contribution in [0.2, 0.25) is 0 Å². The molecular weight excluding hydrogens is 372 g/mol. The fourth-order valence-electron chi connectivity index (χ4n) is 2.86. The highest BCUT2D eigenvalue weighted by Crippen LogP contribution is 2.11. The first-order chi connectivity index (χ1) is 14.1. The van der Waals surface area contributed by atoms with E-state index in [-0.39, 0.29) is 18.7 Å². The van der Waals surface area contributed by atoms with Crippen molar-refractivity contribution < 1.29 is 28.9 Å². The molecular formula is C23H44O6. The molecule has 0 spiro atoms. The van der Waals surface area contributed by atoms with Gasteiger partial charge in [-0.25, -0.2) is 0 Å². The van der Waals surface area contributed by atoms with Gasteiger partial charge in [0, 0.05) is 26.1 Å². The fourth-order valence-corrected chi connectivity index (χ4v) is 2.86. The number of hydrogen-bond donors (Lipinski definition) is 1. The van der Waals surface area contributed by atoms with E-state index < -0.39 is 5.97 Å². The largest absolute Gasteiger partial charge is 0.481 e. The average molecular weight is 417 g/mol. The zero-order valence-corrected chi connectivity index (χ0v) is 18.8. The lowest BCUT2D eigenvalue weighted by atomic mass is 10.1. The van der Waals surface area contributed by atoms with Crippen molar-refractivity contribution in [2.75, 3.05) is 19.8 Å². The molecule has 0 saturated heterocycles. The number of unbranched alkanes of at least 4 members (excludes halogenated alkanes) is 8. The van der Waals surface area contributed by atoms with Crippen LogP contribution in [-0.2, 0) is 23.8 Å². The number of carbonyl (C=O) groups excluding carboxylic acids is 1. The summed E-state index contributed by atoms with van der Waals surface area (Å²) in [7, 11) is 0. The molecule has 0 fully saturated rings. The number of ether oxygens (including phenoxy) is 3. The molecule has 0 aliphatic rings. The Kier molecular flexibility index (Phi) is 20.7. The molecule has 0 aliphatic heterocycles. The Labute approximate surface area is 177 Å². The average Bonchev–Trinajstić information content (AvgIpc) is 2.69. The van der Waals surface area contributed by atoms with Gasteiger partial charge in [0.1, 0.15) is 0 Å². The van der Waals surface area contributed by atoms with E-state index in [2.05, 4.69) is 13.8 Å². The van der Waals surface area contributed by atoms with Crippen molar-refractivity contribution in [1.29, 1.82) is 0 Å². The third-order valence-corrected chi connectivity index (χ3v) is 4.72. The number of rotatable bonds is 22. The van der Waals surface area contributed by atoms with Crippen LogP contribution < -0.4 is 0 Å². The molecule has 0 saturated carbocycles. The van der Waals surface area contributed by atoms with E-state index >= 15 is 0 Å². The van der Waals surface area contributed by atoms with Crippen molar-refractivity contribution in [3.63, 3.8) is 0 Å². The third kappa shape index (κ3) is 21.4. The number of carboxylic acids is 1. The van der Waals surface area contributed by atoms with Gasteiger partial charge in [-0.1, -0.05) is 52.4 Å². The van der Waals surface area contributed by atoms with E-state index in [0.717, 1.165) is 96.7 Å². The minimum Gasteiger partial charge on any atom is -0.481 e. The van der Waals surface area contributed by atoms with Gasteiger partial charge in [0.15, 0.2) is 6.29 Å². The van der Waals surface area contributed by atoms with Gasteiger partial charge in [-0.2, -0.15) is 0 Å². The number of carboxylic acid groups (broad SMARTS) is 1. The lowest BCUT2D eigenvalue weighted by Gasteiger charge is -2.18. The summed E-state index contributed by atoms with van der Waals surface area (Å²) in [6.45, 7) is 6.23. The smallest absolute Gasteiger partial charge is 0.305 e. The van der Waals surface area contributed by atoms with E-state index in [0.29, 0.717) is 13.0 Å². The van der Waals surface area contributed by atoms with Crippen molar-refractivity contribution in [1.82, 2.24) is 0 Å². The zero-order valence-electron chi connectivity index (χ0n) is 18.8. The summed E-state index contributed by atoms with van der Waals surface area (Å²) in [5, 5.41) is 8.57. The van der Waals surface area contributed by atoms with E-state index in [1.807, 2.05) is 0 Å². The topological polar surface area (TPSA) is 82.1 Å². The minimum absolute atomic E-state index is 0.120. The monoisotopic (exact) mass is 416 g/mol. The molecule has 6 nitrogen and oxygen atoms in total. The van der Waals surface area contributed by atoms with Crippen molar-refractivity contribution in [3.05, 3.63) is 0 Å². The van der Waals surface area contributed by atoms with Crippen molar-refractivity contribution in [2.45, 2.75) is 116 Å². The normalized spacial score (nSPS) is 11.1. The van der Waals surface area contributed by atoms with Crippen LogP contribution in [-0.4, -0.2) is 43.2 Å². The number of esters is 1. The molecule has 0 radical (unpaired) electrons. The van der Waals surface area contributed by atoms with Gasteiger partial charge in [0.25, 0.3) is 0 Å². The molecule has 0 aromatic rings. The first-order valence-electron chi connectivity index (χ1n) is 11.7. The van der Waals surface area contributed by atoms with Gasteiger partial charge in [-0.05, 0) is 44.9 Å². The summed E-state index contributed by atoms with van der Waals surface area (Å²) in [6, 6.07) is 0. The van der Waals surface area contributed by atoms with E-state index in [9.17, 15) is 9.59 Å². The predicted molar refractivity (Wildman–Crippen MR) is 115 cm³/mol. The van der Waals surface area contributed by atoms with Crippen LogP contribution in [0.15, 0.2) is 0 Å². The second-order valence-corrected chi connectivity index (χ2v) is 7.61. The van der Waals surface area contributed by atoms with Crippen LogP contribution in [0.25, 0.3) is 0 Å². The molecule has 0 unspecified atom stereocenters. The third-order valence-electron chi connectivity index (χ3n) is 4.72. The Morgan fingerprint density at radius 2 is 1.24 bits per heavy atom. The van der Waals surface area contributed by atoms with Crippen molar-refractivity contribution in [2.24, 2.45) is 0 Å². The SMILES string of the molecule is CCCCOC(CCCCOC(=O)CCCCCCCCC(=O)O)OCCCC. The first kappa shape index (κ1) is 27.9. The molecule has 29 heavy (non-hydrogen) atoms. The Balaban J connectivity index is 3.59. The highest BCUT2D eigenvalue weighted by Gasteiger charge is 2.09. The zero-order chi connectivity index (χ0) is 21.6. The minimum atomic E-state index is -0.726. The Hall–Kier alpha value is -1.14. The second kappa shape index (κ2) is 21.6. The fraction of sp³-hybridized carbons (Fsp3) is 0.913. The van der Waals surface area contributed by atoms with Crippen LogP contribution in [0.3, 0.4) is 0 Å². The maximum absolute atomic E-state index is 11.8. The van der Waals surface area contributed by atoms with Crippen LogP contribution in [0.4, 0.5) is 0 Å². The van der Waals surface area contributed by atoms with E-state index in [4.69, 9.17) is 19.3 Å². The molecule has 172 valence electrons. The summed E-state index contributed by atoms with van der Waals surface area (Å²) in [5.74, 6) is -0.845. The Morgan fingerprint density at radius 3 is 1.79 bits per heavy atom. The summed E-state index contributed by atoms with van der Waals surface area (Å²) < 4.78 is 16.9. The van der Waals surface area contributed by atoms with Crippen LogP contribution in [0.5, 0.6) is 0 Å². The molecule has 0 rings (SSSR count). The summed E-state index contributed by atoms with van der Waals surface area (Å²) in [6.07, 6.45) is 13.1. The van der Waals surface area contributed by atoms with Crippen LogP contribution in [0, 0.1) is 0 Å². The maximum Gasteiger partial charge on any atom is 0.305 e. The van der Waals surface area contributed by atoms with Gasteiger partial charge >= 0.3 is 11.9 Å². The summed E-state index contributed by atoms with van der Waals surface area (Å²) in [4.78, 5) is 22.2. The molecule has 0 aliphatic carbocycles. The molecule has 0 heterocycles. The molecule has 0 amide bonds. The van der Waals surface area contributed by atoms with Gasteiger partial charge < -0.3 is 19.3 Å². The quantitative estimate of drug-likeness (QED) is 0.135. The van der Waals surface area contributed by atoms with E-state index in [1.165, 1.54) is 0 Å². The van der Waals surface area contributed by atoms with Crippen molar-refractivity contribution in [3.8, 4) is 0 Å². The lowest BCUT2D eigenvalue weighted by Crippen LogP contribution is -2.19. The predicted octanol–water partition coefficient (Wildman–Crippen LogP) is 5.86. The Bertz CT molecular complexity index is 376. The standard InChI is InChI=1S/C23H44O6/c1-3-5-18-28-23(29-19-6-4-2)17-13-14-20-27-22(26)16-12-10-8-7-9-11-15-21(24)25/h23H,3-20H2,1-2H3,(H,24,25). The van der Waals surface area contributed by atoms with Gasteiger partial charge in [-0.3, -0.25) is 9.59 Å². The molecule has 1 N–H and O–H groups in total. The van der Waals surface area contributed by atoms with Crippen LogP contribution >= 0.6 is 0 Å². The van der Waals surface area contributed by atoms with Gasteiger partial charge in [0.2, 0.25) is 0 Å². The lowest BCUT2D eigenvalue weighted by molar-refractivity contribution is -0.149. The highest BCUT2D eigenvalue weighted by atomic mass is 16.7. The summed E-state index contributed by atoms with van der Waals surface area (Å²) >= 11 is 0. The molecule has 6 heteroatoms. The Morgan fingerprint density at radius 1 is 0.690 bits per heavy atom. The second-order valence-electron chi connectivity index (χ2n) is 7.61. The molecule has 0 aromatic carbocycles. The van der Waals surface area contributed by atoms with Gasteiger partial charge in [-0.15, -0.1) is 0 Å². The molecule has 0 aromatic heterocycles. The number of carbonyl (C=O) groups is 2. The number of aliphatic carboxylic acids is 1. The molecule has 0 atom stereocenters. The summed E-state index contributed by atoms with van der Waals surface area (Å²) in [5.41, 5.74) is 0. The van der Waals surface area contributed by atoms with Gasteiger partial charge in [0.05, 0.1) is 6.61 Å². The van der Waals surface area contributed by atoms with Crippen LogP contribution in [0.1, 0.15) is 110 Å². The highest BCUT2D eigenvalue weighted by molar-refractivity contribution is 5.69. The molecule has 0 bridgehead atoms. The first-order valence-corrected chi connectivity index (χ1v) is 11.7. The van der Waals surface area contributed by atoms with E-state index in [1.54, 1.807) is 0 Å². The van der Waals surface area contributed by atoms with Crippen molar-refractivity contribution >= 4 is 11.9 Å². The number of hydrogen-bond acceptors (Lipinski definition) is 5. The maximum atomic E-state index is 11.8.